The number of amides is 1. The predicted molar refractivity (Wildman–Crippen MR) is 57.0 cm³/mol. The lowest BCUT2D eigenvalue weighted by atomic mass is 10.1. The maximum absolute atomic E-state index is 11.6. The van der Waals surface area contributed by atoms with Crippen LogP contribution in [0.1, 0.15) is 13.3 Å². The summed E-state index contributed by atoms with van der Waals surface area (Å²) < 4.78 is 0. The van der Waals surface area contributed by atoms with Gasteiger partial charge in [-0.2, -0.15) is 11.8 Å². The zero-order valence-corrected chi connectivity index (χ0v) is 9.12. The van der Waals surface area contributed by atoms with Gasteiger partial charge in [-0.05, 0) is 26.1 Å². The minimum absolute atomic E-state index is 0.198. The van der Waals surface area contributed by atoms with Gasteiger partial charge in [-0.1, -0.05) is 0 Å². The normalized spacial score (nSPS) is 24.3. The van der Waals surface area contributed by atoms with Gasteiger partial charge in [0.25, 0.3) is 0 Å². The van der Waals surface area contributed by atoms with Gasteiger partial charge in [0, 0.05) is 18.3 Å². The highest BCUT2D eigenvalue weighted by Gasteiger charge is 2.22. The van der Waals surface area contributed by atoms with Crippen molar-refractivity contribution in [2.45, 2.75) is 19.4 Å². The Morgan fingerprint density at radius 1 is 1.77 bits per heavy atom. The van der Waals surface area contributed by atoms with Crippen molar-refractivity contribution in [3.63, 3.8) is 0 Å². The van der Waals surface area contributed by atoms with Crippen molar-refractivity contribution < 1.29 is 4.79 Å². The standard InChI is InChI=1S/C9H18N2OS/c1-7(6-13-2)11-9(12)8-3-4-10-5-8/h7-8,10H,3-6H2,1-2H3,(H,11,12)/t7?,8-/m1/s1. The maximum Gasteiger partial charge on any atom is 0.224 e. The first kappa shape index (κ1) is 10.9. The second-order valence-electron chi connectivity index (χ2n) is 3.55. The van der Waals surface area contributed by atoms with E-state index in [0.717, 1.165) is 25.3 Å². The summed E-state index contributed by atoms with van der Waals surface area (Å²) in [7, 11) is 0. The van der Waals surface area contributed by atoms with E-state index in [9.17, 15) is 4.79 Å². The van der Waals surface area contributed by atoms with Crippen molar-refractivity contribution in [3.05, 3.63) is 0 Å². The van der Waals surface area contributed by atoms with Crippen LogP contribution < -0.4 is 10.6 Å². The monoisotopic (exact) mass is 202 g/mol. The Kier molecular flexibility index (Phi) is 4.59. The molecule has 0 aromatic carbocycles. The number of carbonyl (C=O) groups is 1. The summed E-state index contributed by atoms with van der Waals surface area (Å²) in [6.45, 7) is 3.88. The maximum atomic E-state index is 11.6. The fourth-order valence-electron chi connectivity index (χ4n) is 1.53. The smallest absolute Gasteiger partial charge is 0.224 e. The number of thioether (sulfide) groups is 1. The summed E-state index contributed by atoms with van der Waals surface area (Å²) in [4.78, 5) is 11.6. The molecule has 0 saturated carbocycles. The van der Waals surface area contributed by atoms with Crippen LogP contribution in [0.3, 0.4) is 0 Å². The Balaban J connectivity index is 2.23. The molecule has 1 aliphatic rings. The van der Waals surface area contributed by atoms with Crippen LogP contribution >= 0.6 is 11.8 Å². The van der Waals surface area contributed by atoms with Crippen LogP contribution in [0.5, 0.6) is 0 Å². The van der Waals surface area contributed by atoms with Crippen LogP contribution in [0.2, 0.25) is 0 Å². The zero-order chi connectivity index (χ0) is 9.68. The number of hydrogen-bond acceptors (Lipinski definition) is 3. The average Bonchev–Trinajstić information content (AvgIpc) is 2.55. The fourth-order valence-corrected chi connectivity index (χ4v) is 2.11. The number of carbonyl (C=O) groups excluding carboxylic acids is 1. The van der Waals surface area contributed by atoms with Gasteiger partial charge in [-0.3, -0.25) is 4.79 Å². The van der Waals surface area contributed by atoms with Crippen LogP contribution in [0.15, 0.2) is 0 Å². The van der Waals surface area contributed by atoms with E-state index in [4.69, 9.17) is 0 Å². The first-order valence-electron chi connectivity index (χ1n) is 4.74. The molecule has 0 aromatic heterocycles. The number of nitrogens with one attached hydrogen (secondary N) is 2. The van der Waals surface area contributed by atoms with Crippen LogP contribution in [0, 0.1) is 5.92 Å². The molecule has 1 saturated heterocycles. The van der Waals surface area contributed by atoms with Gasteiger partial charge in [-0.15, -0.1) is 0 Å². The molecule has 2 atom stereocenters. The van der Waals surface area contributed by atoms with E-state index in [1.165, 1.54) is 0 Å². The van der Waals surface area contributed by atoms with E-state index in [-0.39, 0.29) is 11.8 Å². The molecule has 1 heterocycles. The molecule has 4 heteroatoms. The Morgan fingerprint density at radius 3 is 3.08 bits per heavy atom. The molecule has 13 heavy (non-hydrogen) atoms. The molecule has 1 unspecified atom stereocenters. The van der Waals surface area contributed by atoms with Gasteiger partial charge < -0.3 is 10.6 Å². The Hall–Kier alpha value is -0.220. The molecular weight excluding hydrogens is 184 g/mol. The lowest BCUT2D eigenvalue weighted by Gasteiger charge is -2.15. The summed E-state index contributed by atoms with van der Waals surface area (Å²) in [5.41, 5.74) is 0. The minimum Gasteiger partial charge on any atom is -0.353 e. The zero-order valence-electron chi connectivity index (χ0n) is 8.30. The molecule has 3 nitrogen and oxygen atoms in total. The lowest BCUT2D eigenvalue weighted by molar-refractivity contribution is -0.124. The van der Waals surface area contributed by atoms with E-state index in [2.05, 4.69) is 23.8 Å². The van der Waals surface area contributed by atoms with E-state index in [0.29, 0.717) is 6.04 Å². The van der Waals surface area contributed by atoms with Crippen molar-refractivity contribution in [1.29, 1.82) is 0 Å². The summed E-state index contributed by atoms with van der Waals surface area (Å²) >= 11 is 1.76. The second kappa shape index (κ2) is 5.50. The molecule has 0 spiro atoms. The summed E-state index contributed by atoms with van der Waals surface area (Å²) in [5.74, 6) is 1.40. The van der Waals surface area contributed by atoms with Crippen LogP contribution in [-0.4, -0.2) is 37.0 Å². The third-order valence-corrected chi connectivity index (χ3v) is 3.07. The molecule has 1 rings (SSSR count). The highest BCUT2D eigenvalue weighted by atomic mass is 32.2. The molecule has 1 fully saturated rings. The average molecular weight is 202 g/mol. The molecule has 0 aliphatic carbocycles. The first-order valence-corrected chi connectivity index (χ1v) is 6.13. The Morgan fingerprint density at radius 2 is 2.54 bits per heavy atom. The fraction of sp³-hybridized carbons (Fsp3) is 0.889. The molecule has 1 aliphatic heterocycles. The highest BCUT2D eigenvalue weighted by molar-refractivity contribution is 7.98. The van der Waals surface area contributed by atoms with E-state index in [1.807, 2.05) is 0 Å². The molecule has 0 bridgehead atoms. The largest absolute Gasteiger partial charge is 0.353 e. The SMILES string of the molecule is CSCC(C)NC(=O)[C@@H]1CCNC1. The van der Waals surface area contributed by atoms with Crippen molar-refractivity contribution in [2.75, 3.05) is 25.1 Å². The van der Waals surface area contributed by atoms with Crippen molar-refractivity contribution in [1.82, 2.24) is 10.6 Å². The lowest BCUT2D eigenvalue weighted by Crippen LogP contribution is -2.39. The minimum atomic E-state index is 0.198. The van der Waals surface area contributed by atoms with Gasteiger partial charge in [-0.25, -0.2) is 0 Å². The molecular formula is C9H18N2OS. The summed E-state index contributed by atoms with van der Waals surface area (Å²) in [6, 6.07) is 0.295. The second-order valence-corrected chi connectivity index (χ2v) is 4.47. The molecule has 2 N–H and O–H groups in total. The topological polar surface area (TPSA) is 41.1 Å². The van der Waals surface area contributed by atoms with E-state index >= 15 is 0 Å². The van der Waals surface area contributed by atoms with Gasteiger partial charge in [0.05, 0.1) is 5.92 Å². The molecule has 0 radical (unpaired) electrons. The summed E-state index contributed by atoms with van der Waals surface area (Å²) in [5, 5.41) is 6.22. The number of hydrogen-bond donors (Lipinski definition) is 2. The number of rotatable bonds is 4. The van der Waals surface area contributed by atoms with Gasteiger partial charge in [0.2, 0.25) is 5.91 Å². The van der Waals surface area contributed by atoms with Gasteiger partial charge in [0.1, 0.15) is 0 Å². The third kappa shape index (κ3) is 3.56. The van der Waals surface area contributed by atoms with E-state index in [1.54, 1.807) is 11.8 Å². The predicted octanol–water partition coefficient (Wildman–Crippen LogP) is 0.464. The molecule has 76 valence electrons. The van der Waals surface area contributed by atoms with Crippen molar-refractivity contribution >= 4 is 17.7 Å². The van der Waals surface area contributed by atoms with Gasteiger partial charge >= 0.3 is 0 Å². The molecule has 1 amide bonds. The third-order valence-electron chi connectivity index (χ3n) is 2.24. The van der Waals surface area contributed by atoms with E-state index < -0.39 is 0 Å². The quantitative estimate of drug-likeness (QED) is 0.696. The highest BCUT2D eigenvalue weighted by Crippen LogP contribution is 2.08. The van der Waals surface area contributed by atoms with Crippen molar-refractivity contribution in [2.24, 2.45) is 5.92 Å². The van der Waals surface area contributed by atoms with Crippen LogP contribution in [0.4, 0.5) is 0 Å². The summed E-state index contributed by atoms with van der Waals surface area (Å²) in [6.07, 6.45) is 3.04. The van der Waals surface area contributed by atoms with Gasteiger partial charge in [0.15, 0.2) is 0 Å². The first-order chi connectivity index (χ1) is 6.24. The van der Waals surface area contributed by atoms with Crippen molar-refractivity contribution in [3.8, 4) is 0 Å². The van der Waals surface area contributed by atoms with Crippen LogP contribution in [-0.2, 0) is 4.79 Å². The Labute approximate surface area is 84.0 Å². The van der Waals surface area contributed by atoms with Crippen LogP contribution in [0.25, 0.3) is 0 Å². The Bertz CT molecular complexity index is 169. The molecule has 0 aromatic rings.